The first-order valence-corrected chi connectivity index (χ1v) is 6.61. The summed E-state index contributed by atoms with van der Waals surface area (Å²) < 4.78 is 14.1. The van der Waals surface area contributed by atoms with Gasteiger partial charge in [0.05, 0.1) is 10.2 Å². The Morgan fingerprint density at radius 1 is 1.21 bits per heavy atom. The third kappa shape index (κ3) is 2.84. The Morgan fingerprint density at radius 2 is 1.84 bits per heavy atom. The maximum Gasteiger partial charge on any atom is 0.228 e. The predicted octanol–water partition coefficient (Wildman–Crippen LogP) is 4.58. The maximum atomic E-state index is 13.7. The van der Waals surface area contributed by atoms with Crippen molar-refractivity contribution in [2.45, 2.75) is 13.8 Å². The fourth-order valence-electron chi connectivity index (χ4n) is 1.94. The summed E-state index contributed by atoms with van der Waals surface area (Å²) in [5.41, 5.74) is 2.10. The number of hydrogen-bond donors (Lipinski definition) is 0. The topological polar surface area (TPSA) is 20.3 Å². The van der Waals surface area contributed by atoms with Gasteiger partial charge in [0.25, 0.3) is 0 Å². The van der Waals surface area contributed by atoms with Crippen molar-refractivity contribution in [2.75, 3.05) is 4.90 Å². The second kappa shape index (κ2) is 5.53. The van der Waals surface area contributed by atoms with Crippen LogP contribution in [-0.2, 0) is 4.79 Å². The van der Waals surface area contributed by atoms with Crippen LogP contribution in [0, 0.1) is 12.7 Å². The number of hydrogen-bond acceptors (Lipinski definition) is 1. The Bertz CT molecular complexity index is 613. The molecule has 0 N–H and O–H groups in total. The molecule has 0 aliphatic carbocycles. The second-order valence-corrected chi connectivity index (χ2v) is 5.10. The summed E-state index contributed by atoms with van der Waals surface area (Å²) in [6, 6.07) is 12.2. The molecule has 2 aromatic carbocycles. The van der Waals surface area contributed by atoms with Crippen LogP contribution in [-0.4, -0.2) is 5.91 Å². The van der Waals surface area contributed by atoms with Gasteiger partial charge in [-0.1, -0.05) is 18.2 Å². The number of para-hydroxylation sites is 1. The van der Waals surface area contributed by atoms with Gasteiger partial charge in [0.15, 0.2) is 0 Å². The van der Waals surface area contributed by atoms with Gasteiger partial charge in [0.1, 0.15) is 5.82 Å². The number of anilines is 2. The van der Waals surface area contributed by atoms with Gasteiger partial charge in [-0.25, -0.2) is 4.39 Å². The van der Waals surface area contributed by atoms with E-state index >= 15 is 0 Å². The minimum Gasteiger partial charge on any atom is -0.281 e. The van der Waals surface area contributed by atoms with Crippen LogP contribution in [0.1, 0.15) is 12.5 Å². The molecule has 19 heavy (non-hydrogen) atoms. The zero-order chi connectivity index (χ0) is 14.0. The molecule has 0 aromatic heterocycles. The van der Waals surface area contributed by atoms with Crippen molar-refractivity contribution in [3.8, 4) is 0 Å². The molecule has 4 heteroatoms. The van der Waals surface area contributed by atoms with E-state index in [0.717, 1.165) is 11.3 Å². The summed E-state index contributed by atoms with van der Waals surface area (Å²) in [5.74, 6) is -0.543. The van der Waals surface area contributed by atoms with Crippen molar-refractivity contribution in [1.82, 2.24) is 0 Å². The lowest BCUT2D eigenvalue weighted by molar-refractivity contribution is -0.115. The number of rotatable bonds is 2. The monoisotopic (exact) mass is 321 g/mol. The summed E-state index contributed by atoms with van der Waals surface area (Å²) in [6.45, 7) is 3.31. The van der Waals surface area contributed by atoms with E-state index in [2.05, 4.69) is 15.9 Å². The first kappa shape index (κ1) is 13.7. The molecule has 0 bridgehead atoms. The van der Waals surface area contributed by atoms with Crippen molar-refractivity contribution in [2.24, 2.45) is 0 Å². The Labute approximate surface area is 120 Å². The Hall–Kier alpha value is -1.68. The summed E-state index contributed by atoms with van der Waals surface area (Å²) in [5, 5.41) is 0. The van der Waals surface area contributed by atoms with E-state index in [0.29, 0.717) is 10.2 Å². The molecule has 0 aliphatic rings. The van der Waals surface area contributed by atoms with E-state index in [-0.39, 0.29) is 11.7 Å². The van der Waals surface area contributed by atoms with E-state index in [4.69, 9.17) is 0 Å². The van der Waals surface area contributed by atoms with Gasteiger partial charge in [-0.05, 0) is 52.7 Å². The molecule has 0 saturated heterocycles. The quantitative estimate of drug-likeness (QED) is 0.792. The molecule has 1 amide bonds. The van der Waals surface area contributed by atoms with Crippen LogP contribution in [0.5, 0.6) is 0 Å². The van der Waals surface area contributed by atoms with Crippen LogP contribution < -0.4 is 4.90 Å². The van der Waals surface area contributed by atoms with Crippen LogP contribution in [0.15, 0.2) is 46.9 Å². The van der Waals surface area contributed by atoms with Crippen molar-refractivity contribution in [3.05, 3.63) is 58.3 Å². The lowest BCUT2D eigenvalue weighted by Gasteiger charge is -2.23. The highest BCUT2D eigenvalue weighted by atomic mass is 79.9. The third-order valence-corrected chi connectivity index (χ3v) is 3.42. The van der Waals surface area contributed by atoms with E-state index in [1.54, 1.807) is 6.07 Å². The largest absolute Gasteiger partial charge is 0.281 e. The van der Waals surface area contributed by atoms with Crippen LogP contribution in [0.4, 0.5) is 15.8 Å². The lowest BCUT2D eigenvalue weighted by atomic mass is 10.1. The number of carbonyl (C=O) groups is 1. The zero-order valence-electron chi connectivity index (χ0n) is 10.7. The predicted molar refractivity (Wildman–Crippen MR) is 78.1 cm³/mol. The molecule has 2 nitrogen and oxygen atoms in total. The number of aryl methyl sites for hydroxylation is 1. The fraction of sp³-hybridized carbons (Fsp3) is 0.133. The Kier molecular flexibility index (Phi) is 4.00. The molecular weight excluding hydrogens is 309 g/mol. The minimum atomic E-state index is -0.386. The first-order chi connectivity index (χ1) is 9.00. The number of benzene rings is 2. The van der Waals surface area contributed by atoms with Gasteiger partial charge >= 0.3 is 0 Å². The van der Waals surface area contributed by atoms with Gasteiger partial charge < -0.3 is 0 Å². The van der Waals surface area contributed by atoms with Crippen LogP contribution in [0.25, 0.3) is 0 Å². The third-order valence-electron chi connectivity index (χ3n) is 2.81. The lowest BCUT2D eigenvalue weighted by Crippen LogP contribution is -2.23. The summed E-state index contributed by atoms with van der Waals surface area (Å²) in [4.78, 5) is 13.4. The van der Waals surface area contributed by atoms with Gasteiger partial charge in [0, 0.05) is 12.6 Å². The zero-order valence-corrected chi connectivity index (χ0v) is 12.2. The minimum absolute atomic E-state index is 0.156. The Morgan fingerprint density at radius 3 is 2.42 bits per heavy atom. The van der Waals surface area contributed by atoms with Crippen molar-refractivity contribution >= 4 is 33.2 Å². The summed E-state index contributed by atoms with van der Waals surface area (Å²) in [6.07, 6.45) is 0. The molecule has 0 aliphatic heterocycles. The standard InChI is InChI=1S/C15H13BrFNO/c1-10-8-13(16)14(17)9-15(10)18(11(2)19)12-6-4-3-5-7-12/h3-9H,1-2H3. The molecule has 0 fully saturated rings. The first-order valence-electron chi connectivity index (χ1n) is 5.82. The average molecular weight is 322 g/mol. The van der Waals surface area contributed by atoms with Crippen LogP contribution in [0.3, 0.4) is 0 Å². The molecule has 0 heterocycles. The smallest absolute Gasteiger partial charge is 0.228 e. The number of nitrogens with zero attached hydrogens (tertiary/aromatic N) is 1. The van der Waals surface area contributed by atoms with E-state index < -0.39 is 0 Å². The van der Waals surface area contributed by atoms with E-state index in [1.807, 2.05) is 37.3 Å². The average Bonchev–Trinajstić information content (AvgIpc) is 2.37. The molecular formula is C15H13BrFNO. The second-order valence-electron chi connectivity index (χ2n) is 4.24. The fourth-order valence-corrected chi connectivity index (χ4v) is 2.40. The van der Waals surface area contributed by atoms with Gasteiger partial charge in [-0.15, -0.1) is 0 Å². The highest BCUT2D eigenvalue weighted by Gasteiger charge is 2.17. The highest BCUT2D eigenvalue weighted by Crippen LogP contribution is 2.32. The van der Waals surface area contributed by atoms with Gasteiger partial charge in [-0.3, -0.25) is 9.69 Å². The van der Waals surface area contributed by atoms with Crippen LogP contribution in [0.2, 0.25) is 0 Å². The highest BCUT2D eigenvalue weighted by molar-refractivity contribution is 9.10. The van der Waals surface area contributed by atoms with Crippen molar-refractivity contribution in [1.29, 1.82) is 0 Å². The molecule has 2 aromatic rings. The summed E-state index contributed by atoms with van der Waals surface area (Å²) in [7, 11) is 0. The van der Waals surface area contributed by atoms with E-state index in [1.165, 1.54) is 17.9 Å². The molecule has 0 spiro atoms. The molecule has 0 atom stereocenters. The maximum absolute atomic E-state index is 13.7. The van der Waals surface area contributed by atoms with Gasteiger partial charge in [-0.2, -0.15) is 0 Å². The summed E-state index contributed by atoms with van der Waals surface area (Å²) >= 11 is 3.14. The molecule has 98 valence electrons. The Balaban J connectivity index is 2.58. The molecule has 0 unspecified atom stereocenters. The molecule has 0 saturated carbocycles. The van der Waals surface area contributed by atoms with Crippen molar-refractivity contribution < 1.29 is 9.18 Å². The number of carbonyl (C=O) groups excluding carboxylic acids is 1. The normalized spacial score (nSPS) is 10.3. The van der Waals surface area contributed by atoms with Crippen LogP contribution >= 0.6 is 15.9 Å². The molecule has 0 radical (unpaired) electrons. The number of amides is 1. The molecule has 2 rings (SSSR count). The van der Waals surface area contributed by atoms with E-state index in [9.17, 15) is 9.18 Å². The van der Waals surface area contributed by atoms with Gasteiger partial charge in [0.2, 0.25) is 5.91 Å². The van der Waals surface area contributed by atoms with Crippen molar-refractivity contribution in [3.63, 3.8) is 0 Å². The number of halogens is 2. The SMILES string of the molecule is CC(=O)N(c1ccccc1)c1cc(F)c(Br)cc1C.